The van der Waals surface area contributed by atoms with Crippen LogP contribution >= 0.6 is 0 Å². The van der Waals surface area contributed by atoms with Gasteiger partial charge in [0, 0.05) is 25.2 Å². The van der Waals surface area contributed by atoms with Crippen LogP contribution in [-0.4, -0.2) is 23.5 Å². The number of nitrogens with zero attached hydrogens (tertiary/aromatic N) is 1. The standard InChI is InChI=1S/C32H31FN2O2/c1-23(32(36)34-21-24-10-4-2-5-11-24)37-28-17-16-25-18-19-35(22-27-14-8-9-15-30(27)33)31(29(25)20-28)26-12-6-3-7-13-26/h2-17,20,23,31H,18-19,21-22H2,1H3,(H,34,36)/t23-,31+/m0/s1. The molecule has 188 valence electrons. The minimum atomic E-state index is -0.643. The molecule has 1 heterocycles. The summed E-state index contributed by atoms with van der Waals surface area (Å²) in [6, 6.07) is 33.1. The molecular formula is C32H31FN2O2. The quantitative estimate of drug-likeness (QED) is 0.324. The lowest BCUT2D eigenvalue weighted by atomic mass is 9.87. The monoisotopic (exact) mass is 494 g/mol. The van der Waals surface area contributed by atoms with Crippen LogP contribution in [0.2, 0.25) is 0 Å². The topological polar surface area (TPSA) is 41.6 Å². The first kappa shape index (κ1) is 24.7. The minimum absolute atomic E-state index is 0.0460. The second kappa shape index (κ2) is 11.4. The zero-order valence-electron chi connectivity index (χ0n) is 20.9. The zero-order valence-corrected chi connectivity index (χ0v) is 20.9. The maximum absolute atomic E-state index is 14.5. The van der Waals surface area contributed by atoms with Crippen LogP contribution in [0.5, 0.6) is 5.75 Å². The molecule has 0 spiro atoms. The van der Waals surface area contributed by atoms with E-state index in [4.69, 9.17) is 4.74 Å². The van der Waals surface area contributed by atoms with E-state index in [0.29, 0.717) is 24.4 Å². The Bertz CT molecular complexity index is 1340. The predicted octanol–water partition coefficient (Wildman–Crippen LogP) is 6.06. The van der Waals surface area contributed by atoms with E-state index < -0.39 is 6.10 Å². The van der Waals surface area contributed by atoms with Gasteiger partial charge in [0.25, 0.3) is 5.91 Å². The van der Waals surface area contributed by atoms with Crippen molar-refractivity contribution in [3.63, 3.8) is 0 Å². The maximum atomic E-state index is 14.5. The van der Waals surface area contributed by atoms with Crippen LogP contribution < -0.4 is 10.1 Å². The molecule has 1 aliphatic rings. The average molecular weight is 495 g/mol. The van der Waals surface area contributed by atoms with Crippen molar-refractivity contribution in [3.8, 4) is 5.75 Å². The van der Waals surface area contributed by atoms with E-state index in [1.165, 1.54) is 11.6 Å². The number of nitrogens with one attached hydrogen (secondary N) is 1. The number of halogens is 1. The van der Waals surface area contributed by atoms with Gasteiger partial charge in [-0.3, -0.25) is 9.69 Å². The zero-order chi connectivity index (χ0) is 25.6. The van der Waals surface area contributed by atoms with Crippen LogP contribution in [-0.2, 0) is 24.3 Å². The van der Waals surface area contributed by atoms with E-state index in [1.54, 1.807) is 13.0 Å². The molecular weight excluding hydrogens is 463 g/mol. The fourth-order valence-corrected chi connectivity index (χ4v) is 4.95. The van der Waals surface area contributed by atoms with Crippen molar-refractivity contribution in [2.45, 2.75) is 38.6 Å². The molecule has 4 aromatic carbocycles. The number of amides is 1. The summed E-state index contributed by atoms with van der Waals surface area (Å²) >= 11 is 0. The highest BCUT2D eigenvalue weighted by atomic mass is 19.1. The van der Waals surface area contributed by atoms with E-state index >= 15 is 0 Å². The van der Waals surface area contributed by atoms with E-state index in [9.17, 15) is 9.18 Å². The molecule has 0 saturated carbocycles. The molecule has 0 aromatic heterocycles. The molecule has 5 heteroatoms. The smallest absolute Gasteiger partial charge is 0.261 e. The van der Waals surface area contributed by atoms with Gasteiger partial charge in [0.2, 0.25) is 0 Å². The number of hydrogen-bond acceptors (Lipinski definition) is 3. The molecule has 0 saturated heterocycles. The van der Waals surface area contributed by atoms with E-state index in [2.05, 4.69) is 28.4 Å². The van der Waals surface area contributed by atoms with Crippen molar-refractivity contribution in [3.05, 3.63) is 137 Å². The van der Waals surface area contributed by atoms with Crippen LogP contribution in [0.3, 0.4) is 0 Å². The molecule has 1 aliphatic heterocycles. The SMILES string of the molecule is C[C@H](Oc1ccc2c(c1)[C@@H](c1ccccc1)N(Cc1ccccc1F)CC2)C(=O)NCc1ccccc1. The number of hydrogen-bond donors (Lipinski definition) is 1. The molecule has 1 amide bonds. The average Bonchev–Trinajstić information content (AvgIpc) is 2.93. The molecule has 0 radical (unpaired) electrons. The van der Waals surface area contributed by atoms with E-state index in [1.807, 2.05) is 72.8 Å². The van der Waals surface area contributed by atoms with Crippen molar-refractivity contribution in [2.24, 2.45) is 0 Å². The summed E-state index contributed by atoms with van der Waals surface area (Å²) in [5.74, 6) is 0.296. The van der Waals surface area contributed by atoms with Gasteiger partial charge in [-0.2, -0.15) is 0 Å². The Kier molecular flexibility index (Phi) is 7.62. The third kappa shape index (κ3) is 5.89. The second-order valence-electron chi connectivity index (χ2n) is 9.45. The summed E-state index contributed by atoms with van der Waals surface area (Å²) in [5, 5.41) is 2.95. The Hall–Kier alpha value is -3.96. The van der Waals surface area contributed by atoms with Crippen molar-refractivity contribution < 1.29 is 13.9 Å². The number of carbonyl (C=O) groups excluding carboxylic acids is 1. The van der Waals surface area contributed by atoms with Gasteiger partial charge in [0.15, 0.2) is 6.10 Å². The lowest BCUT2D eigenvalue weighted by Gasteiger charge is -2.38. The fourth-order valence-electron chi connectivity index (χ4n) is 4.95. The molecule has 0 aliphatic carbocycles. The summed E-state index contributed by atoms with van der Waals surface area (Å²) in [6.07, 6.45) is 0.218. The third-order valence-corrected chi connectivity index (χ3v) is 6.88. The van der Waals surface area contributed by atoms with Gasteiger partial charge in [-0.15, -0.1) is 0 Å². The molecule has 0 unspecified atom stereocenters. The number of ether oxygens (including phenoxy) is 1. The summed E-state index contributed by atoms with van der Waals surface area (Å²) in [4.78, 5) is 15.0. The predicted molar refractivity (Wildman–Crippen MR) is 144 cm³/mol. The summed E-state index contributed by atoms with van der Waals surface area (Å²) in [6.45, 7) is 3.55. The third-order valence-electron chi connectivity index (χ3n) is 6.88. The van der Waals surface area contributed by atoms with Gasteiger partial charge in [0.1, 0.15) is 11.6 Å². The number of rotatable bonds is 8. The van der Waals surface area contributed by atoms with Crippen molar-refractivity contribution in [1.29, 1.82) is 0 Å². The van der Waals surface area contributed by atoms with Gasteiger partial charge >= 0.3 is 0 Å². The number of benzene rings is 4. The van der Waals surface area contributed by atoms with Crippen molar-refractivity contribution in [1.82, 2.24) is 10.2 Å². The molecule has 0 bridgehead atoms. The largest absolute Gasteiger partial charge is 0.481 e. The molecule has 1 N–H and O–H groups in total. The van der Waals surface area contributed by atoms with Gasteiger partial charge in [-0.1, -0.05) is 84.9 Å². The van der Waals surface area contributed by atoms with Crippen molar-refractivity contribution in [2.75, 3.05) is 6.54 Å². The maximum Gasteiger partial charge on any atom is 0.261 e. The molecule has 5 rings (SSSR count). The highest BCUT2D eigenvalue weighted by Gasteiger charge is 2.30. The van der Waals surface area contributed by atoms with Crippen molar-refractivity contribution >= 4 is 5.91 Å². The van der Waals surface area contributed by atoms with Gasteiger partial charge in [-0.25, -0.2) is 4.39 Å². The fraction of sp³-hybridized carbons (Fsp3) is 0.219. The Labute approximate surface area is 217 Å². The van der Waals surface area contributed by atoms with Crippen LogP contribution in [0.4, 0.5) is 4.39 Å². The molecule has 4 aromatic rings. The lowest BCUT2D eigenvalue weighted by molar-refractivity contribution is -0.127. The first-order chi connectivity index (χ1) is 18.1. The minimum Gasteiger partial charge on any atom is -0.481 e. The van der Waals surface area contributed by atoms with E-state index in [0.717, 1.165) is 29.7 Å². The van der Waals surface area contributed by atoms with Crippen LogP contribution in [0.25, 0.3) is 0 Å². The lowest BCUT2D eigenvalue weighted by Crippen LogP contribution is -2.37. The molecule has 4 nitrogen and oxygen atoms in total. The summed E-state index contributed by atoms with van der Waals surface area (Å²) in [5.41, 5.74) is 5.24. The highest BCUT2D eigenvalue weighted by Crippen LogP contribution is 2.38. The summed E-state index contributed by atoms with van der Waals surface area (Å²) < 4.78 is 20.6. The van der Waals surface area contributed by atoms with Crippen LogP contribution in [0, 0.1) is 5.82 Å². The van der Waals surface area contributed by atoms with Crippen LogP contribution in [0.1, 0.15) is 40.8 Å². The molecule has 0 fully saturated rings. The Morgan fingerprint density at radius 3 is 2.43 bits per heavy atom. The Morgan fingerprint density at radius 2 is 1.68 bits per heavy atom. The van der Waals surface area contributed by atoms with E-state index in [-0.39, 0.29) is 17.8 Å². The molecule has 37 heavy (non-hydrogen) atoms. The highest BCUT2D eigenvalue weighted by molar-refractivity contribution is 5.80. The Balaban J connectivity index is 1.37. The molecule has 2 atom stereocenters. The first-order valence-electron chi connectivity index (χ1n) is 12.7. The summed E-state index contributed by atoms with van der Waals surface area (Å²) in [7, 11) is 0. The van der Waals surface area contributed by atoms with Gasteiger partial charge < -0.3 is 10.1 Å². The van der Waals surface area contributed by atoms with Gasteiger partial charge in [0.05, 0.1) is 6.04 Å². The Morgan fingerprint density at radius 1 is 0.973 bits per heavy atom. The first-order valence-corrected chi connectivity index (χ1v) is 12.7. The number of carbonyl (C=O) groups is 1. The second-order valence-corrected chi connectivity index (χ2v) is 9.45. The normalized spacial score (nSPS) is 16.0. The van der Waals surface area contributed by atoms with Gasteiger partial charge in [-0.05, 0) is 53.8 Å². The van der Waals surface area contributed by atoms with Crippen LogP contribution in [0.15, 0.2) is 103 Å². The number of fused-ring (bicyclic) bond motifs is 1.